The van der Waals surface area contributed by atoms with Crippen LogP contribution in [-0.4, -0.2) is 4.57 Å². The van der Waals surface area contributed by atoms with Gasteiger partial charge in [0.1, 0.15) is 6.07 Å². The normalized spacial score (nSPS) is 10.1. The maximum absolute atomic E-state index is 9.14. The molecule has 0 aliphatic heterocycles. The van der Waals surface area contributed by atoms with Gasteiger partial charge in [0.2, 0.25) is 0 Å². The van der Waals surface area contributed by atoms with Gasteiger partial charge in [-0.2, -0.15) is 5.26 Å². The number of aryl methyl sites for hydroxylation is 2. The van der Waals surface area contributed by atoms with Crippen LogP contribution in [0.15, 0.2) is 36.7 Å². The molecule has 0 bridgehead atoms. The lowest BCUT2D eigenvalue weighted by Gasteiger charge is -2.08. The van der Waals surface area contributed by atoms with Gasteiger partial charge >= 0.3 is 0 Å². The molecule has 0 aliphatic carbocycles. The number of nitrogens with one attached hydrogen (secondary N) is 1. The fourth-order valence-electron chi connectivity index (χ4n) is 1.95. The molecule has 3 nitrogen and oxygen atoms in total. The molecule has 0 aliphatic rings. The molecule has 92 valence electrons. The van der Waals surface area contributed by atoms with E-state index in [2.05, 4.69) is 41.3 Å². The zero-order chi connectivity index (χ0) is 13.0. The van der Waals surface area contributed by atoms with E-state index in [0.29, 0.717) is 0 Å². The number of aromatic nitrogens is 1. The van der Waals surface area contributed by atoms with Crippen molar-refractivity contribution in [3.63, 3.8) is 0 Å². The molecule has 18 heavy (non-hydrogen) atoms. The van der Waals surface area contributed by atoms with Gasteiger partial charge in [-0.05, 0) is 37.1 Å². The van der Waals surface area contributed by atoms with Crippen molar-refractivity contribution < 1.29 is 0 Å². The molecular formula is C15H17N3. The van der Waals surface area contributed by atoms with Crippen molar-refractivity contribution in [1.82, 2.24) is 4.57 Å². The average Bonchev–Trinajstić information content (AvgIpc) is 2.84. The van der Waals surface area contributed by atoms with Crippen LogP contribution in [0, 0.1) is 18.3 Å². The van der Waals surface area contributed by atoms with E-state index in [0.717, 1.165) is 29.9 Å². The summed E-state index contributed by atoms with van der Waals surface area (Å²) >= 11 is 0. The van der Waals surface area contributed by atoms with Crippen molar-refractivity contribution in [3.8, 4) is 6.07 Å². The van der Waals surface area contributed by atoms with E-state index in [-0.39, 0.29) is 0 Å². The van der Waals surface area contributed by atoms with E-state index in [9.17, 15) is 0 Å². The number of rotatable bonds is 4. The van der Waals surface area contributed by atoms with Crippen LogP contribution in [0.1, 0.15) is 23.6 Å². The summed E-state index contributed by atoms with van der Waals surface area (Å²) in [5.74, 6) is 0. The van der Waals surface area contributed by atoms with Gasteiger partial charge in [0.15, 0.2) is 0 Å². The van der Waals surface area contributed by atoms with Crippen molar-refractivity contribution in [3.05, 3.63) is 53.3 Å². The summed E-state index contributed by atoms with van der Waals surface area (Å²) in [7, 11) is 0. The molecule has 1 heterocycles. The first kappa shape index (κ1) is 12.3. The predicted octanol–water partition coefficient (Wildman–Crippen LogP) is 3.30. The summed E-state index contributed by atoms with van der Waals surface area (Å²) in [5, 5.41) is 12.5. The Balaban J connectivity index is 2.11. The standard InChI is InChI=1S/C15H17N3/c1-3-18-8-7-13(11-18)10-17-15-6-4-5-12(2)14(15)9-16/h4-8,11,17H,3,10H2,1-2H3. The fraction of sp³-hybridized carbons (Fsp3) is 0.267. The molecule has 2 aromatic rings. The molecule has 1 aromatic carbocycles. The monoisotopic (exact) mass is 239 g/mol. The van der Waals surface area contributed by atoms with Crippen LogP contribution in [0.4, 0.5) is 5.69 Å². The van der Waals surface area contributed by atoms with Crippen LogP contribution in [0.5, 0.6) is 0 Å². The largest absolute Gasteiger partial charge is 0.380 e. The highest BCUT2D eigenvalue weighted by Gasteiger charge is 2.04. The Morgan fingerprint density at radius 1 is 1.33 bits per heavy atom. The SMILES string of the molecule is CCn1ccc(CNc2cccc(C)c2C#N)c1. The van der Waals surface area contributed by atoms with Crippen LogP contribution in [0.25, 0.3) is 0 Å². The molecule has 1 aromatic heterocycles. The van der Waals surface area contributed by atoms with Crippen LogP contribution < -0.4 is 5.32 Å². The van der Waals surface area contributed by atoms with Gasteiger partial charge in [-0.3, -0.25) is 0 Å². The third kappa shape index (κ3) is 2.54. The van der Waals surface area contributed by atoms with Crippen LogP contribution in [0.3, 0.4) is 0 Å². The maximum atomic E-state index is 9.14. The van der Waals surface area contributed by atoms with E-state index in [1.165, 1.54) is 5.56 Å². The summed E-state index contributed by atoms with van der Waals surface area (Å²) in [4.78, 5) is 0. The molecule has 0 atom stereocenters. The summed E-state index contributed by atoms with van der Waals surface area (Å²) in [6, 6.07) is 10.2. The smallest absolute Gasteiger partial charge is 0.102 e. The third-order valence-corrected chi connectivity index (χ3v) is 3.04. The van der Waals surface area contributed by atoms with Crippen molar-refractivity contribution in [2.24, 2.45) is 0 Å². The van der Waals surface area contributed by atoms with Crippen LogP contribution in [0.2, 0.25) is 0 Å². The number of hydrogen-bond donors (Lipinski definition) is 1. The van der Waals surface area contributed by atoms with Crippen molar-refractivity contribution in [2.75, 3.05) is 5.32 Å². The lowest BCUT2D eigenvalue weighted by atomic mass is 10.1. The summed E-state index contributed by atoms with van der Waals surface area (Å²) < 4.78 is 2.14. The molecule has 1 N–H and O–H groups in total. The summed E-state index contributed by atoms with van der Waals surface area (Å²) in [6.07, 6.45) is 4.19. The Kier molecular flexibility index (Phi) is 3.69. The lowest BCUT2D eigenvalue weighted by Crippen LogP contribution is -2.01. The molecule has 0 spiro atoms. The van der Waals surface area contributed by atoms with Gasteiger partial charge in [-0.1, -0.05) is 12.1 Å². The predicted molar refractivity (Wildman–Crippen MR) is 73.3 cm³/mol. The van der Waals surface area contributed by atoms with Gasteiger partial charge in [-0.25, -0.2) is 0 Å². The van der Waals surface area contributed by atoms with E-state index in [4.69, 9.17) is 5.26 Å². The number of anilines is 1. The molecule has 0 unspecified atom stereocenters. The minimum Gasteiger partial charge on any atom is -0.380 e. The maximum Gasteiger partial charge on any atom is 0.102 e. The zero-order valence-electron chi connectivity index (χ0n) is 10.8. The van der Waals surface area contributed by atoms with E-state index in [1.807, 2.05) is 25.1 Å². The second-order valence-corrected chi connectivity index (χ2v) is 4.31. The molecule has 3 heteroatoms. The quantitative estimate of drug-likeness (QED) is 0.889. The summed E-state index contributed by atoms with van der Waals surface area (Å²) in [5.41, 5.74) is 3.87. The molecule has 0 radical (unpaired) electrons. The second kappa shape index (κ2) is 5.42. The highest BCUT2D eigenvalue weighted by Crippen LogP contribution is 2.19. The van der Waals surface area contributed by atoms with Crippen LogP contribution >= 0.6 is 0 Å². The Bertz CT molecular complexity index is 576. The Morgan fingerprint density at radius 2 is 2.17 bits per heavy atom. The van der Waals surface area contributed by atoms with Crippen molar-refractivity contribution >= 4 is 5.69 Å². The first-order valence-corrected chi connectivity index (χ1v) is 6.13. The van der Waals surface area contributed by atoms with Crippen molar-refractivity contribution in [1.29, 1.82) is 5.26 Å². The van der Waals surface area contributed by atoms with Gasteiger partial charge < -0.3 is 9.88 Å². The first-order chi connectivity index (χ1) is 8.74. The Labute approximate surface area is 108 Å². The minimum atomic E-state index is 0.729. The molecule has 0 amide bonds. The highest BCUT2D eigenvalue weighted by molar-refractivity contribution is 5.60. The molecule has 0 fully saturated rings. The van der Waals surface area contributed by atoms with E-state index >= 15 is 0 Å². The lowest BCUT2D eigenvalue weighted by molar-refractivity contribution is 0.766. The second-order valence-electron chi connectivity index (χ2n) is 4.31. The zero-order valence-corrected chi connectivity index (χ0v) is 10.8. The Morgan fingerprint density at radius 3 is 2.83 bits per heavy atom. The van der Waals surface area contributed by atoms with Crippen LogP contribution in [-0.2, 0) is 13.1 Å². The number of nitriles is 1. The van der Waals surface area contributed by atoms with Gasteiger partial charge in [0.05, 0.1) is 11.3 Å². The van der Waals surface area contributed by atoms with Gasteiger partial charge in [0.25, 0.3) is 0 Å². The van der Waals surface area contributed by atoms with Gasteiger partial charge in [0, 0.05) is 25.5 Å². The Hall–Kier alpha value is -2.21. The topological polar surface area (TPSA) is 40.8 Å². The fourth-order valence-corrected chi connectivity index (χ4v) is 1.95. The number of nitrogens with zero attached hydrogens (tertiary/aromatic N) is 2. The van der Waals surface area contributed by atoms with E-state index in [1.54, 1.807) is 0 Å². The van der Waals surface area contributed by atoms with Gasteiger partial charge in [-0.15, -0.1) is 0 Å². The minimum absolute atomic E-state index is 0.729. The average molecular weight is 239 g/mol. The number of benzene rings is 1. The molecular weight excluding hydrogens is 222 g/mol. The molecule has 0 saturated carbocycles. The first-order valence-electron chi connectivity index (χ1n) is 6.13. The van der Waals surface area contributed by atoms with E-state index < -0.39 is 0 Å². The number of hydrogen-bond acceptors (Lipinski definition) is 2. The highest BCUT2D eigenvalue weighted by atomic mass is 14.9. The third-order valence-electron chi connectivity index (χ3n) is 3.04. The molecule has 2 rings (SSSR count). The molecule has 0 saturated heterocycles. The summed E-state index contributed by atoms with van der Waals surface area (Å²) in [6.45, 7) is 5.79. The van der Waals surface area contributed by atoms with Crippen molar-refractivity contribution in [2.45, 2.75) is 26.9 Å².